The van der Waals surface area contributed by atoms with Crippen molar-refractivity contribution in [3.63, 3.8) is 0 Å². The lowest BCUT2D eigenvalue weighted by Gasteiger charge is -2.19. The molecule has 0 atom stereocenters. The number of aryl methyl sites for hydroxylation is 1. The van der Waals surface area contributed by atoms with E-state index in [1.807, 2.05) is 83.4 Å². The molecule has 35 heavy (non-hydrogen) atoms. The number of aromatic nitrogens is 1. The fourth-order valence-corrected chi connectivity index (χ4v) is 4.15. The normalized spacial score (nSPS) is 10.9. The van der Waals surface area contributed by atoms with Gasteiger partial charge in [-0.25, -0.2) is 0 Å². The maximum Gasteiger partial charge on any atom is 0.297 e. The number of rotatable bonds is 12. The van der Waals surface area contributed by atoms with Crippen molar-refractivity contribution in [1.29, 1.82) is 0 Å². The van der Waals surface area contributed by atoms with Gasteiger partial charge in [-0.15, -0.1) is 0 Å². The molecule has 0 aliphatic rings. The number of hydrogen-bond donors (Lipinski definition) is 0. The second-order valence-electron chi connectivity index (χ2n) is 8.61. The summed E-state index contributed by atoms with van der Waals surface area (Å²) in [5, 5.41) is 0.833. The molecule has 4 aromatic rings. The molecule has 0 bridgehead atoms. The van der Waals surface area contributed by atoms with Crippen LogP contribution in [0, 0.1) is 0 Å². The molecule has 1 heterocycles. The molecule has 3 aromatic carbocycles. The first-order valence-electron chi connectivity index (χ1n) is 12.3. The number of pyridine rings is 1. The SMILES string of the molecule is CCCCCCn1c(=O)c(OCc2ccccc2)c(OCc2ccccc2)c2ccc(OC)cc21. The Morgan fingerprint density at radius 3 is 1.97 bits per heavy atom. The first-order valence-corrected chi connectivity index (χ1v) is 12.3. The Hall–Kier alpha value is -3.73. The van der Waals surface area contributed by atoms with Crippen molar-refractivity contribution in [3.05, 3.63) is 100 Å². The predicted octanol–water partition coefficient (Wildman–Crippen LogP) is 6.75. The molecule has 0 N–H and O–H groups in total. The van der Waals surface area contributed by atoms with Gasteiger partial charge in [-0.05, 0) is 29.7 Å². The van der Waals surface area contributed by atoms with Crippen LogP contribution in [0.2, 0.25) is 0 Å². The van der Waals surface area contributed by atoms with Gasteiger partial charge in [0, 0.05) is 18.0 Å². The van der Waals surface area contributed by atoms with E-state index in [9.17, 15) is 4.79 Å². The maximum atomic E-state index is 13.8. The quantitative estimate of drug-likeness (QED) is 0.215. The third-order valence-electron chi connectivity index (χ3n) is 6.07. The van der Waals surface area contributed by atoms with Crippen LogP contribution < -0.4 is 19.8 Å². The van der Waals surface area contributed by atoms with E-state index in [4.69, 9.17) is 14.2 Å². The Morgan fingerprint density at radius 1 is 0.743 bits per heavy atom. The highest BCUT2D eigenvalue weighted by atomic mass is 16.5. The van der Waals surface area contributed by atoms with Crippen molar-refractivity contribution < 1.29 is 14.2 Å². The van der Waals surface area contributed by atoms with Gasteiger partial charge in [0.05, 0.1) is 12.6 Å². The molecule has 5 heteroatoms. The summed E-state index contributed by atoms with van der Waals surface area (Å²) in [5.41, 5.74) is 2.62. The van der Waals surface area contributed by atoms with Crippen molar-refractivity contribution in [2.75, 3.05) is 7.11 Å². The minimum absolute atomic E-state index is 0.179. The zero-order valence-corrected chi connectivity index (χ0v) is 20.5. The second-order valence-corrected chi connectivity index (χ2v) is 8.61. The van der Waals surface area contributed by atoms with Gasteiger partial charge in [0.2, 0.25) is 5.75 Å². The lowest BCUT2D eigenvalue weighted by atomic mass is 10.1. The smallest absolute Gasteiger partial charge is 0.297 e. The Bertz CT molecular complexity index is 1280. The molecule has 0 saturated heterocycles. The second kappa shape index (κ2) is 12.1. The van der Waals surface area contributed by atoms with E-state index in [0.717, 1.165) is 47.7 Å². The molecule has 0 saturated carbocycles. The Morgan fingerprint density at radius 2 is 1.37 bits per heavy atom. The average Bonchev–Trinajstić information content (AvgIpc) is 2.91. The number of fused-ring (bicyclic) bond motifs is 1. The monoisotopic (exact) mass is 471 g/mol. The maximum absolute atomic E-state index is 13.8. The summed E-state index contributed by atoms with van der Waals surface area (Å²) in [7, 11) is 1.63. The first kappa shape index (κ1) is 24.4. The molecule has 0 spiro atoms. The van der Waals surface area contributed by atoms with Gasteiger partial charge < -0.3 is 18.8 Å². The molecule has 0 aliphatic heterocycles. The molecule has 0 aliphatic carbocycles. The van der Waals surface area contributed by atoms with Crippen LogP contribution >= 0.6 is 0 Å². The minimum Gasteiger partial charge on any atom is -0.497 e. The van der Waals surface area contributed by atoms with Crippen molar-refractivity contribution >= 4 is 10.9 Å². The number of methoxy groups -OCH3 is 1. The van der Waals surface area contributed by atoms with Crippen LogP contribution in [0.5, 0.6) is 17.2 Å². The van der Waals surface area contributed by atoms with E-state index >= 15 is 0 Å². The Kier molecular flexibility index (Phi) is 8.44. The van der Waals surface area contributed by atoms with E-state index in [1.165, 1.54) is 0 Å². The third-order valence-corrected chi connectivity index (χ3v) is 6.07. The molecule has 0 fully saturated rings. The van der Waals surface area contributed by atoms with Crippen molar-refractivity contribution in [2.24, 2.45) is 0 Å². The van der Waals surface area contributed by atoms with Gasteiger partial charge >= 0.3 is 0 Å². The summed E-state index contributed by atoms with van der Waals surface area (Å²) in [4.78, 5) is 13.8. The zero-order chi connectivity index (χ0) is 24.5. The largest absolute Gasteiger partial charge is 0.497 e. The Labute approximate surface area is 206 Å². The van der Waals surface area contributed by atoms with Gasteiger partial charge in [0.15, 0.2) is 5.75 Å². The zero-order valence-electron chi connectivity index (χ0n) is 20.5. The van der Waals surface area contributed by atoms with Crippen LogP contribution in [0.25, 0.3) is 10.9 Å². The fraction of sp³-hybridized carbons (Fsp3) is 0.300. The van der Waals surface area contributed by atoms with Crippen LogP contribution in [0.4, 0.5) is 0 Å². The van der Waals surface area contributed by atoms with E-state index in [-0.39, 0.29) is 17.9 Å². The minimum atomic E-state index is -0.179. The van der Waals surface area contributed by atoms with E-state index in [1.54, 1.807) is 7.11 Å². The average molecular weight is 472 g/mol. The molecule has 0 radical (unpaired) electrons. The van der Waals surface area contributed by atoms with Crippen LogP contribution in [0.15, 0.2) is 83.7 Å². The summed E-state index contributed by atoms with van der Waals surface area (Å²) >= 11 is 0. The highest BCUT2D eigenvalue weighted by Gasteiger charge is 2.21. The van der Waals surface area contributed by atoms with Gasteiger partial charge in [0.25, 0.3) is 5.56 Å². The van der Waals surface area contributed by atoms with E-state index < -0.39 is 0 Å². The number of unbranched alkanes of at least 4 members (excludes halogenated alkanes) is 3. The van der Waals surface area contributed by atoms with Crippen molar-refractivity contribution in [3.8, 4) is 17.2 Å². The van der Waals surface area contributed by atoms with Gasteiger partial charge in [-0.2, -0.15) is 0 Å². The van der Waals surface area contributed by atoms with Gasteiger partial charge in [0.1, 0.15) is 19.0 Å². The molecule has 0 amide bonds. The van der Waals surface area contributed by atoms with Gasteiger partial charge in [-0.1, -0.05) is 86.8 Å². The summed E-state index contributed by atoms with van der Waals surface area (Å²) in [6.07, 6.45) is 4.27. The van der Waals surface area contributed by atoms with Crippen LogP contribution in [0.3, 0.4) is 0 Å². The molecular formula is C30H33NO4. The highest BCUT2D eigenvalue weighted by molar-refractivity contribution is 5.89. The highest BCUT2D eigenvalue weighted by Crippen LogP contribution is 2.36. The summed E-state index contributed by atoms with van der Waals surface area (Å²) in [6, 6.07) is 25.5. The number of ether oxygens (including phenoxy) is 3. The fourth-order valence-electron chi connectivity index (χ4n) is 4.15. The lowest BCUT2D eigenvalue weighted by molar-refractivity contribution is 0.253. The standard InChI is InChI=1S/C30H33NO4/c1-3-4-5-12-19-31-27-20-25(33-2)17-18-26(27)28(34-21-23-13-8-6-9-14-23)29(30(31)32)35-22-24-15-10-7-11-16-24/h6-11,13-18,20H,3-5,12,19,21-22H2,1-2H3. The summed E-state index contributed by atoms with van der Waals surface area (Å²) in [5.74, 6) is 1.42. The molecule has 4 rings (SSSR count). The van der Waals surface area contributed by atoms with E-state index in [0.29, 0.717) is 24.7 Å². The summed E-state index contributed by atoms with van der Waals surface area (Å²) < 4.78 is 19.8. The first-order chi connectivity index (χ1) is 17.2. The molecular weight excluding hydrogens is 438 g/mol. The van der Waals surface area contributed by atoms with Crippen LogP contribution in [-0.2, 0) is 19.8 Å². The Balaban J connectivity index is 1.79. The summed E-state index contributed by atoms with van der Waals surface area (Å²) in [6.45, 7) is 3.42. The molecule has 5 nitrogen and oxygen atoms in total. The molecule has 0 unspecified atom stereocenters. The topological polar surface area (TPSA) is 49.7 Å². The molecule has 1 aromatic heterocycles. The van der Waals surface area contributed by atoms with Crippen molar-refractivity contribution in [2.45, 2.75) is 52.4 Å². The van der Waals surface area contributed by atoms with Crippen LogP contribution in [-0.4, -0.2) is 11.7 Å². The van der Waals surface area contributed by atoms with Crippen LogP contribution in [0.1, 0.15) is 43.7 Å². The third kappa shape index (κ3) is 6.04. The van der Waals surface area contributed by atoms with Gasteiger partial charge in [-0.3, -0.25) is 4.79 Å². The van der Waals surface area contributed by atoms with E-state index in [2.05, 4.69) is 6.92 Å². The predicted molar refractivity (Wildman–Crippen MR) is 140 cm³/mol. The number of nitrogens with zero attached hydrogens (tertiary/aromatic N) is 1. The molecule has 182 valence electrons. The number of hydrogen-bond acceptors (Lipinski definition) is 4. The lowest BCUT2D eigenvalue weighted by Crippen LogP contribution is -2.24. The number of benzene rings is 3. The van der Waals surface area contributed by atoms with Crippen molar-refractivity contribution in [1.82, 2.24) is 4.57 Å².